The van der Waals surface area contributed by atoms with Gasteiger partial charge < -0.3 is 5.32 Å². The Hall–Kier alpha value is -2.25. The van der Waals surface area contributed by atoms with Gasteiger partial charge in [-0.15, -0.1) is 0 Å². The molecule has 0 aliphatic rings. The maximum Gasteiger partial charge on any atom is 0.242 e. The number of aryl methyl sites for hydroxylation is 1. The van der Waals surface area contributed by atoms with E-state index in [-0.39, 0.29) is 29.6 Å². The summed E-state index contributed by atoms with van der Waals surface area (Å²) in [4.78, 5) is 12.1. The molecule has 0 fully saturated rings. The summed E-state index contributed by atoms with van der Waals surface area (Å²) in [6.07, 6.45) is 2.25. The molecule has 0 bridgehead atoms. The van der Waals surface area contributed by atoms with Crippen LogP contribution in [0.3, 0.4) is 0 Å². The van der Waals surface area contributed by atoms with Crippen molar-refractivity contribution in [3.05, 3.63) is 66.0 Å². The summed E-state index contributed by atoms with van der Waals surface area (Å²) in [5.41, 5.74) is 1.03. The number of carbonyl (C=O) groups excluding carboxylic acids is 1. The topological polar surface area (TPSA) is 66.5 Å². The number of hydrogen-bond acceptors (Lipinski definition) is 3. The fraction of sp³-hybridized carbons (Fsp3) is 0.350. The lowest BCUT2D eigenvalue weighted by Gasteiger charge is -2.17. The van der Waals surface area contributed by atoms with Crippen molar-refractivity contribution in [1.82, 2.24) is 9.62 Å². The first-order chi connectivity index (χ1) is 12.9. The molecule has 1 N–H and O–H groups in total. The van der Waals surface area contributed by atoms with Crippen molar-refractivity contribution in [3.8, 4) is 0 Å². The lowest BCUT2D eigenvalue weighted by atomic mass is 10.1. The molecule has 2 aromatic carbocycles. The van der Waals surface area contributed by atoms with E-state index >= 15 is 0 Å². The molecule has 0 saturated carbocycles. The maximum absolute atomic E-state index is 12.8. The Morgan fingerprint density at radius 1 is 1.04 bits per heavy atom. The number of rotatable bonds is 10. The Labute approximate surface area is 160 Å². The zero-order valence-electron chi connectivity index (χ0n) is 15.4. The monoisotopic (exact) mass is 392 g/mol. The van der Waals surface area contributed by atoms with E-state index in [4.69, 9.17) is 0 Å². The standard InChI is InChI=1S/C20H25FN2O3S/c1-23(27(25,26)19-8-3-2-4-9-19)16-6-10-20(24)22-15-5-7-17-11-13-18(21)14-12-17/h2-4,8-9,11-14H,5-7,10,15-16H2,1H3,(H,22,24). The van der Waals surface area contributed by atoms with Crippen LogP contribution in [0.1, 0.15) is 24.8 Å². The second kappa shape index (κ2) is 10.2. The predicted octanol–water partition coefficient (Wildman–Crippen LogP) is 2.98. The third kappa shape index (κ3) is 6.77. The SMILES string of the molecule is CN(CCCC(=O)NCCCc1ccc(F)cc1)S(=O)(=O)c1ccccc1. The average Bonchev–Trinajstić information content (AvgIpc) is 2.67. The fourth-order valence-corrected chi connectivity index (χ4v) is 3.85. The van der Waals surface area contributed by atoms with Gasteiger partial charge in [0, 0.05) is 26.6 Å². The number of amides is 1. The Balaban J connectivity index is 1.64. The van der Waals surface area contributed by atoms with Gasteiger partial charge in [0.15, 0.2) is 0 Å². The van der Waals surface area contributed by atoms with Crippen LogP contribution in [0.4, 0.5) is 4.39 Å². The number of benzene rings is 2. The Kier molecular flexibility index (Phi) is 7.94. The molecule has 2 rings (SSSR count). The van der Waals surface area contributed by atoms with Crippen LogP contribution in [0.2, 0.25) is 0 Å². The second-order valence-corrected chi connectivity index (χ2v) is 8.37. The van der Waals surface area contributed by atoms with E-state index in [9.17, 15) is 17.6 Å². The molecule has 0 heterocycles. The molecular formula is C20H25FN2O3S. The molecule has 0 aliphatic carbocycles. The summed E-state index contributed by atoms with van der Waals surface area (Å²) >= 11 is 0. The summed E-state index contributed by atoms with van der Waals surface area (Å²) in [5, 5.41) is 2.83. The van der Waals surface area contributed by atoms with Crippen molar-refractivity contribution in [3.63, 3.8) is 0 Å². The van der Waals surface area contributed by atoms with Crippen molar-refractivity contribution in [2.45, 2.75) is 30.6 Å². The molecule has 2 aromatic rings. The third-order valence-electron chi connectivity index (χ3n) is 4.21. The third-order valence-corrected chi connectivity index (χ3v) is 6.08. The van der Waals surface area contributed by atoms with Gasteiger partial charge in [-0.05, 0) is 49.1 Å². The normalized spacial score (nSPS) is 11.5. The van der Waals surface area contributed by atoms with E-state index in [1.165, 1.54) is 23.5 Å². The zero-order valence-corrected chi connectivity index (χ0v) is 16.2. The van der Waals surface area contributed by atoms with Crippen LogP contribution in [-0.2, 0) is 21.2 Å². The second-order valence-electron chi connectivity index (χ2n) is 6.32. The summed E-state index contributed by atoms with van der Waals surface area (Å²) in [7, 11) is -2.00. The van der Waals surface area contributed by atoms with E-state index in [2.05, 4.69) is 5.32 Å². The quantitative estimate of drug-likeness (QED) is 0.632. The first kappa shape index (κ1) is 21.1. The van der Waals surface area contributed by atoms with Crippen LogP contribution >= 0.6 is 0 Å². The molecule has 5 nitrogen and oxygen atoms in total. The Morgan fingerprint density at radius 2 is 1.70 bits per heavy atom. The molecular weight excluding hydrogens is 367 g/mol. The molecule has 1 amide bonds. The number of carbonyl (C=O) groups is 1. The number of sulfonamides is 1. The highest BCUT2D eigenvalue weighted by molar-refractivity contribution is 7.89. The molecule has 0 radical (unpaired) electrons. The van der Waals surface area contributed by atoms with Gasteiger partial charge in [-0.3, -0.25) is 4.79 Å². The van der Waals surface area contributed by atoms with Gasteiger partial charge in [0.1, 0.15) is 5.82 Å². The summed E-state index contributed by atoms with van der Waals surface area (Å²) in [5.74, 6) is -0.356. The molecule has 0 aromatic heterocycles. The zero-order chi connectivity index (χ0) is 19.7. The van der Waals surface area contributed by atoms with Crippen LogP contribution in [-0.4, -0.2) is 38.8 Å². The molecule has 0 saturated heterocycles. The molecule has 7 heteroatoms. The fourth-order valence-electron chi connectivity index (χ4n) is 2.61. The van der Waals surface area contributed by atoms with Gasteiger partial charge in [-0.1, -0.05) is 30.3 Å². The van der Waals surface area contributed by atoms with Crippen LogP contribution in [0.25, 0.3) is 0 Å². The first-order valence-corrected chi connectivity index (χ1v) is 10.4. The van der Waals surface area contributed by atoms with Crippen molar-refractivity contribution >= 4 is 15.9 Å². The summed E-state index contributed by atoms with van der Waals surface area (Å²) in [6.45, 7) is 0.814. The minimum atomic E-state index is -3.52. The maximum atomic E-state index is 12.8. The van der Waals surface area contributed by atoms with Gasteiger partial charge in [0.25, 0.3) is 0 Å². The van der Waals surface area contributed by atoms with Gasteiger partial charge in [-0.2, -0.15) is 0 Å². The van der Waals surface area contributed by atoms with Gasteiger partial charge in [0.2, 0.25) is 15.9 Å². The Bertz CT molecular complexity index is 824. The van der Waals surface area contributed by atoms with Gasteiger partial charge in [-0.25, -0.2) is 17.1 Å². The van der Waals surface area contributed by atoms with Crippen LogP contribution < -0.4 is 5.32 Å². The highest BCUT2D eigenvalue weighted by Gasteiger charge is 2.19. The molecule has 27 heavy (non-hydrogen) atoms. The van der Waals surface area contributed by atoms with Crippen molar-refractivity contribution < 1.29 is 17.6 Å². The number of nitrogens with zero attached hydrogens (tertiary/aromatic N) is 1. The summed E-state index contributed by atoms with van der Waals surface area (Å²) in [6, 6.07) is 14.6. The molecule has 0 spiro atoms. The van der Waals surface area contributed by atoms with Crippen molar-refractivity contribution in [1.29, 1.82) is 0 Å². The Morgan fingerprint density at radius 3 is 2.37 bits per heavy atom. The van der Waals surface area contributed by atoms with Gasteiger partial charge >= 0.3 is 0 Å². The molecule has 0 unspecified atom stereocenters. The van der Waals surface area contributed by atoms with E-state index in [1.807, 2.05) is 0 Å². The summed E-state index contributed by atoms with van der Waals surface area (Å²) < 4.78 is 38.8. The first-order valence-electron chi connectivity index (χ1n) is 8.92. The van der Waals surface area contributed by atoms with Crippen molar-refractivity contribution in [2.75, 3.05) is 20.1 Å². The number of nitrogens with one attached hydrogen (secondary N) is 1. The van der Waals surface area contributed by atoms with E-state index in [1.54, 1.807) is 42.5 Å². The van der Waals surface area contributed by atoms with Crippen LogP contribution in [0.15, 0.2) is 59.5 Å². The van der Waals surface area contributed by atoms with Gasteiger partial charge in [0.05, 0.1) is 4.90 Å². The smallest absolute Gasteiger partial charge is 0.242 e. The van der Waals surface area contributed by atoms with E-state index < -0.39 is 10.0 Å². The lowest BCUT2D eigenvalue weighted by Crippen LogP contribution is -2.30. The van der Waals surface area contributed by atoms with Crippen LogP contribution in [0.5, 0.6) is 0 Å². The highest BCUT2D eigenvalue weighted by atomic mass is 32.2. The minimum Gasteiger partial charge on any atom is -0.356 e. The predicted molar refractivity (Wildman–Crippen MR) is 103 cm³/mol. The van der Waals surface area contributed by atoms with Crippen LogP contribution in [0, 0.1) is 5.82 Å². The minimum absolute atomic E-state index is 0.0976. The molecule has 0 atom stereocenters. The highest BCUT2D eigenvalue weighted by Crippen LogP contribution is 2.14. The van der Waals surface area contributed by atoms with Crippen molar-refractivity contribution in [2.24, 2.45) is 0 Å². The van der Waals surface area contributed by atoms with E-state index in [0.29, 0.717) is 13.0 Å². The number of hydrogen-bond donors (Lipinski definition) is 1. The molecule has 146 valence electrons. The lowest BCUT2D eigenvalue weighted by molar-refractivity contribution is -0.121. The average molecular weight is 392 g/mol. The molecule has 0 aliphatic heterocycles. The van der Waals surface area contributed by atoms with E-state index in [0.717, 1.165) is 18.4 Å². The number of halogens is 1. The largest absolute Gasteiger partial charge is 0.356 e.